The number of pyridine rings is 1. The quantitative estimate of drug-likeness (QED) is 0.750. The molecular weight excluding hydrogens is 194 g/mol. The van der Waals surface area contributed by atoms with Crippen molar-refractivity contribution in [3.63, 3.8) is 0 Å². The van der Waals surface area contributed by atoms with Crippen LogP contribution >= 0.6 is 0 Å². The maximum Gasteiger partial charge on any atom is 0.219 e. The minimum absolute atomic E-state index is 0.0636. The monoisotopic (exact) mass is 209 g/mol. The fourth-order valence-electron chi connectivity index (χ4n) is 1.25. The van der Waals surface area contributed by atoms with Gasteiger partial charge in [-0.15, -0.1) is 0 Å². The number of amides is 1. The number of rotatable bonds is 5. The smallest absolute Gasteiger partial charge is 0.219 e. The van der Waals surface area contributed by atoms with Crippen LogP contribution in [-0.4, -0.2) is 24.0 Å². The lowest BCUT2D eigenvalue weighted by atomic mass is 10.2. The summed E-state index contributed by atoms with van der Waals surface area (Å²) in [5, 5.41) is 3.06. The molecule has 1 aromatic heterocycles. The third kappa shape index (κ3) is 3.46. The lowest BCUT2D eigenvalue weighted by Gasteiger charge is -2.14. The molecule has 1 rings (SSSR count). The number of nitrogens with two attached hydrogens (primary N) is 1. The Bertz CT molecular complexity index is 341. The van der Waals surface area contributed by atoms with Gasteiger partial charge in [-0.05, 0) is 19.1 Å². The van der Waals surface area contributed by atoms with Crippen LogP contribution in [0.3, 0.4) is 0 Å². The maximum atomic E-state index is 10.7. The van der Waals surface area contributed by atoms with Crippen LogP contribution in [0.15, 0.2) is 18.3 Å². The van der Waals surface area contributed by atoms with E-state index in [9.17, 15) is 4.79 Å². The zero-order chi connectivity index (χ0) is 11.3. The summed E-state index contributed by atoms with van der Waals surface area (Å²) < 4.78 is 5.11. The SMILES string of the molecule is COc1cccnc1NC(C)CC(N)=O. The number of ether oxygens (including phenoxy) is 1. The van der Waals surface area contributed by atoms with E-state index in [-0.39, 0.29) is 18.4 Å². The fraction of sp³-hybridized carbons (Fsp3) is 0.400. The third-order valence-corrected chi connectivity index (χ3v) is 1.88. The highest BCUT2D eigenvalue weighted by Gasteiger charge is 2.09. The van der Waals surface area contributed by atoms with Gasteiger partial charge in [0.15, 0.2) is 11.6 Å². The Kier molecular flexibility index (Phi) is 3.91. The first kappa shape index (κ1) is 11.3. The van der Waals surface area contributed by atoms with Crippen LogP contribution in [-0.2, 0) is 4.79 Å². The molecule has 82 valence electrons. The van der Waals surface area contributed by atoms with Crippen molar-refractivity contribution in [3.8, 4) is 5.75 Å². The minimum atomic E-state index is -0.343. The predicted octanol–water partition coefficient (Wildman–Crippen LogP) is 0.766. The molecule has 0 radical (unpaired) electrons. The van der Waals surface area contributed by atoms with Crippen LogP contribution in [0.2, 0.25) is 0 Å². The van der Waals surface area contributed by atoms with E-state index in [2.05, 4.69) is 10.3 Å². The summed E-state index contributed by atoms with van der Waals surface area (Å²) in [5.41, 5.74) is 5.09. The molecule has 1 atom stereocenters. The summed E-state index contributed by atoms with van der Waals surface area (Å²) in [7, 11) is 1.57. The molecule has 0 saturated heterocycles. The van der Waals surface area contributed by atoms with Crippen LogP contribution in [0.4, 0.5) is 5.82 Å². The van der Waals surface area contributed by atoms with E-state index in [0.29, 0.717) is 11.6 Å². The normalized spacial score (nSPS) is 11.9. The van der Waals surface area contributed by atoms with Crippen LogP contribution in [0, 0.1) is 0 Å². The van der Waals surface area contributed by atoms with Crippen molar-refractivity contribution in [3.05, 3.63) is 18.3 Å². The van der Waals surface area contributed by atoms with E-state index in [0.717, 1.165) is 0 Å². The zero-order valence-corrected chi connectivity index (χ0v) is 8.86. The molecule has 1 amide bonds. The van der Waals surface area contributed by atoms with Crippen LogP contribution < -0.4 is 15.8 Å². The Labute approximate surface area is 88.6 Å². The van der Waals surface area contributed by atoms with E-state index in [1.54, 1.807) is 25.4 Å². The van der Waals surface area contributed by atoms with E-state index in [1.165, 1.54) is 0 Å². The Hall–Kier alpha value is -1.78. The summed E-state index contributed by atoms with van der Waals surface area (Å²) in [6, 6.07) is 3.51. The summed E-state index contributed by atoms with van der Waals surface area (Å²) in [4.78, 5) is 14.8. The Morgan fingerprint density at radius 3 is 3.07 bits per heavy atom. The molecule has 5 nitrogen and oxygen atoms in total. The molecule has 5 heteroatoms. The highest BCUT2D eigenvalue weighted by molar-refractivity contribution is 5.74. The van der Waals surface area contributed by atoms with Crippen LogP contribution in [0.5, 0.6) is 5.75 Å². The molecule has 0 bridgehead atoms. The summed E-state index contributed by atoms with van der Waals surface area (Å²) >= 11 is 0. The predicted molar refractivity (Wildman–Crippen MR) is 57.7 cm³/mol. The standard InChI is InChI=1S/C10H15N3O2/c1-7(6-9(11)14)13-10-8(15-2)4-3-5-12-10/h3-5,7H,6H2,1-2H3,(H2,11,14)(H,12,13). The first-order chi connectivity index (χ1) is 7.13. The second kappa shape index (κ2) is 5.19. The lowest BCUT2D eigenvalue weighted by Crippen LogP contribution is -2.24. The van der Waals surface area contributed by atoms with Crippen molar-refractivity contribution >= 4 is 11.7 Å². The Balaban J connectivity index is 2.67. The van der Waals surface area contributed by atoms with Gasteiger partial charge in [0, 0.05) is 18.7 Å². The highest BCUT2D eigenvalue weighted by atomic mass is 16.5. The van der Waals surface area contributed by atoms with Gasteiger partial charge >= 0.3 is 0 Å². The van der Waals surface area contributed by atoms with Gasteiger partial charge in [-0.3, -0.25) is 4.79 Å². The zero-order valence-electron chi connectivity index (χ0n) is 8.86. The fourth-order valence-corrected chi connectivity index (χ4v) is 1.25. The first-order valence-electron chi connectivity index (χ1n) is 4.67. The van der Waals surface area contributed by atoms with E-state index in [4.69, 9.17) is 10.5 Å². The number of hydrogen-bond acceptors (Lipinski definition) is 4. The number of nitrogens with one attached hydrogen (secondary N) is 1. The van der Waals surface area contributed by atoms with Crippen molar-refractivity contribution in [1.29, 1.82) is 0 Å². The largest absolute Gasteiger partial charge is 0.493 e. The number of nitrogens with zero attached hydrogens (tertiary/aromatic N) is 1. The van der Waals surface area contributed by atoms with Crippen LogP contribution in [0.25, 0.3) is 0 Å². The molecule has 1 heterocycles. The number of carbonyl (C=O) groups is 1. The van der Waals surface area contributed by atoms with Crippen molar-refractivity contribution in [2.75, 3.05) is 12.4 Å². The Morgan fingerprint density at radius 2 is 2.47 bits per heavy atom. The number of carbonyl (C=O) groups excluding carboxylic acids is 1. The molecule has 0 saturated carbocycles. The molecule has 15 heavy (non-hydrogen) atoms. The summed E-state index contributed by atoms with van der Waals surface area (Å²) in [6.07, 6.45) is 1.92. The Morgan fingerprint density at radius 1 is 1.73 bits per heavy atom. The number of aromatic nitrogens is 1. The molecule has 3 N–H and O–H groups in total. The second-order valence-electron chi connectivity index (χ2n) is 3.27. The first-order valence-corrected chi connectivity index (χ1v) is 4.67. The van der Waals surface area contributed by atoms with Gasteiger partial charge in [-0.2, -0.15) is 0 Å². The van der Waals surface area contributed by atoms with Crippen molar-refractivity contribution < 1.29 is 9.53 Å². The number of hydrogen-bond donors (Lipinski definition) is 2. The van der Waals surface area contributed by atoms with Crippen molar-refractivity contribution in [2.45, 2.75) is 19.4 Å². The third-order valence-electron chi connectivity index (χ3n) is 1.88. The molecule has 0 aliphatic rings. The average Bonchev–Trinajstić information content (AvgIpc) is 2.17. The molecule has 0 spiro atoms. The van der Waals surface area contributed by atoms with Gasteiger partial charge < -0.3 is 15.8 Å². The van der Waals surface area contributed by atoms with E-state index >= 15 is 0 Å². The number of anilines is 1. The average molecular weight is 209 g/mol. The molecule has 0 aliphatic carbocycles. The van der Waals surface area contributed by atoms with Gasteiger partial charge in [0.2, 0.25) is 5.91 Å². The van der Waals surface area contributed by atoms with E-state index < -0.39 is 0 Å². The van der Waals surface area contributed by atoms with E-state index in [1.807, 2.05) is 6.92 Å². The molecular formula is C10H15N3O2. The number of primary amides is 1. The molecule has 1 aromatic rings. The van der Waals surface area contributed by atoms with Gasteiger partial charge in [0.05, 0.1) is 7.11 Å². The highest BCUT2D eigenvalue weighted by Crippen LogP contribution is 2.20. The van der Waals surface area contributed by atoms with Crippen molar-refractivity contribution in [2.24, 2.45) is 5.73 Å². The van der Waals surface area contributed by atoms with Gasteiger partial charge in [0.25, 0.3) is 0 Å². The van der Waals surface area contributed by atoms with Gasteiger partial charge in [-0.1, -0.05) is 0 Å². The molecule has 1 unspecified atom stereocenters. The van der Waals surface area contributed by atoms with Crippen molar-refractivity contribution in [1.82, 2.24) is 4.98 Å². The summed E-state index contributed by atoms with van der Waals surface area (Å²) in [6.45, 7) is 1.86. The molecule has 0 aromatic carbocycles. The van der Waals surface area contributed by atoms with Gasteiger partial charge in [-0.25, -0.2) is 4.98 Å². The van der Waals surface area contributed by atoms with Gasteiger partial charge in [0.1, 0.15) is 0 Å². The second-order valence-corrected chi connectivity index (χ2v) is 3.27. The minimum Gasteiger partial charge on any atom is -0.493 e. The lowest BCUT2D eigenvalue weighted by molar-refractivity contribution is -0.118. The summed E-state index contributed by atoms with van der Waals surface area (Å²) in [5.74, 6) is 0.924. The maximum absolute atomic E-state index is 10.7. The molecule has 0 fully saturated rings. The topological polar surface area (TPSA) is 77.2 Å². The number of methoxy groups -OCH3 is 1. The van der Waals surface area contributed by atoms with Crippen LogP contribution in [0.1, 0.15) is 13.3 Å². The molecule has 0 aliphatic heterocycles.